The van der Waals surface area contributed by atoms with Crippen LogP contribution in [-0.2, 0) is 18.2 Å². The van der Waals surface area contributed by atoms with Crippen molar-refractivity contribution in [1.29, 1.82) is 0 Å². The van der Waals surface area contributed by atoms with E-state index in [2.05, 4.69) is 20.7 Å². The maximum absolute atomic E-state index is 5.31. The molecule has 0 saturated carbocycles. The largest absolute Gasteiger partial charge is 0.382 e. The molecule has 16 heavy (non-hydrogen) atoms. The van der Waals surface area contributed by atoms with Crippen molar-refractivity contribution in [3.05, 3.63) is 5.82 Å². The van der Waals surface area contributed by atoms with Crippen LogP contribution in [0.3, 0.4) is 0 Å². The Hall–Kier alpha value is -1.01. The number of hydrogen-bond acceptors (Lipinski definition) is 5. The molecule has 0 aliphatic heterocycles. The van der Waals surface area contributed by atoms with Crippen molar-refractivity contribution in [3.8, 4) is 0 Å². The molecule has 6 nitrogen and oxygen atoms in total. The summed E-state index contributed by atoms with van der Waals surface area (Å²) in [7, 11) is 3.74. The van der Waals surface area contributed by atoms with Crippen LogP contribution in [0, 0.1) is 0 Å². The molecule has 0 bridgehead atoms. The van der Waals surface area contributed by atoms with E-state index in [1.54, 1.807) is 7.05 Å². The molecule has 6 heteroatoms. The Balaban J connectivity index is 2.26. The number of hydrogen-bond donors (Lipinski definition) is 1. The van der Waals surface area contributed by atoms with Crippen molar-refractivity contribution in [3.63, 3.8) is 0 Å². The number of ether oxygens (including phenoxy) is 1. The summed E-state index contributed by atoms with van der Waals surface area (Å²) in [4.78, 5) is 1.49. The zero-order valence-corrected chi connectivity index (χ0v) is 10.3. The topological polar surface area (TPSA) is 64.9 Å². The fourth-order valence-corrected chi connectivity index (χ4v) is 1.55. The summed E-state index contributed by atoms with van der Waals surface area (Å²) in [5.41, 5.74) is 0. The summed E-state index contributed by atoms with van der Waals surface area (Å²) in [6.07, 6.45) is 2.94. The predicted molar refractivity (Wildman–Crippen MR) is 61.1 cm³/mol. The minimum absolute atomic E-state index is 0.393. The highest BCUT2D eigenvalue weighted by Crippen LogP contribution is 2.02. The van der Waals surface area contributed by atoms with Gasteiger partial charge in [-0.1, -0.05) is 0 Å². The Morgan fingerprint density at radius 3 is 2.88 bits per heavy atom. The Morgan fingerprint density at radius 1 is 1.50 bits per heavy atom. The van der Waals surface area contributed by atoms with E-state index in [0.717, 1.165) is 38.3 Å². The zero-order chi connectivity index (χ0) is 11.8. The number of nitrogens with one attached hydrogen (secondary N) is 1. The van der Waals surface area contributed by atoms with Crippen LogP contribution < -0.4 is 5.32 Å². The van der Waals surface area contributed by atoms with E-state index >= 15 is 0 Å². The van der Waals surface area contributed by atoms with Crippen molar-refractivity contribution < 1.29 is 4.74 Å². The first kappa shape index (κ1) is 13.1. The lowest BCUT2D eigenvalue weighted by Crippen LogP contribution is -2.28. The van der Waals surface area contributed by atoms with Crippen LogP contribution in [0.4, 0.5) is 0 Å². The second kappa shape index (κ2) is 7.29. The Kier molecular flexibility index (Phi) is 5.95. The molecule has 0 fully saturated rings. The molecular formula is C10H21N5O. The first-order valence-electron chi connectivity index (χ1n) is 5.74. The Morgan fingerprint density at radius 2 is 2.31 bits per heavy atom. The normalized spacial score (nSPS) is 12.9. The Labute approximate surface area is 96.4 Å². The van der Waals surface area contributed by atoms with Gasteiger partial charge in [-0.3, -0.25) is 0 Å². The molecule has 0 aliphatic carbocycles. The molecule has 1 aromatic heterocycles. The summed E-state index contributed by atoms with van der Waals surface area (Å²) >= 11 is 0. The molecule has 92 valence electrons. The number of rotatable bonds is 8. The quantitative estimate of drug-likeness (QED) is 0.641. The van der Waals surface area contributed by atoms with E-state index in [-0.39, 0.29) is 0 Å². The monoisotopic (exact) mass is 227 g/mol. The molecule has 0 spiro atoms. The van der Waals surface area contributed by atoms with Crippen LogP contribution in [0.15, 0.2) is 0 Å². The highest BCUT2D eigenvalue weighted by Gasteiger charge is 2.10. The van der Waals surface area contributed by atoms with E-state index in [0.29, 0.717) is 6.04 Å². The third-order valence-electron chi connectivity index (χ3n) is 2.43. The van der Waals surface area contributed by atoms with Crippen molar-refractivity contribution >= 4 is 0 Å². The van der Waals surface area contributed by atoms with Crippen LogP contribution in [0.1, 0.15) is 25.6 Å². The average molecular weight is 227 g/mol. The third kappa shape index (κ3) is 4.67. The van der Waals surface area contributed by atoms with E-state index in [1.807, 2.05) is 14.0 Å². The minimum atomic E-state index is 0.393. The molecule has 1 heterocycles. The predicted octanol–water partition coefficient (Wildman–Crippen LogP) is 0.157. The van der Waals surface area contributed by atoms with Crippen LogP contribution in [0.25, 0.3) is 0 Å². The van der Waals surface area contributed by atoms with Gasteiger partial charge in [0.25, 0.3) is 0 Å². The van der Waals surface area contributed by atoms with Gasteiger partial charge >= 0.3 is 0 Å². The van der Waals surface area contributed by atoms with Gasteiger partial charge in [0.1, 0.15) is 0 Å². The maximum Gasteiger partial charge on any atom is 0.176 e. The van der Waals surface area contributed by atoms with Crippen LogP contribution in [0.2, 0.25) is 0 Å². The second-order valence-corrected chi connectivity index (χ2v) is 3.72. The van der Waals surface area contributed by atoms with Crippen molar-refractivity contribution in [2.24, 2.45) is 7.05 Å². The van der Waals surface area contributed by atoms with E-state index in [9.17, 15) is 0 Å². The third-order valence-corrected chi connectivity index (χ3v) is 2.43. The molecule has 1 atom stereocenters. The lowest BCUT2D eigenvalue weighted by molar-refractivity contribution is 0.141. The number of likely N-dealkylation sites (N-methyl/N-ethyl adjacent to an activating group) is 1. The molecule has 0 amide bonds. The van der Waals surface area contributed by atoms with E-state index < -0.39 is 0 Å². The van der Waals surface area contributed by atoms with Crippen LogP contribution in [-0.4, -0.2) is 46.5 Å². The highest BCUT2D eigenvalue weighted by atomic mass is 16.5. The minimum Gasteiger partial charge on any atom is -0.382 e. The number of aryl methyl sites for hydroxylation is 1. The molecule has 0 aliphatic rings. The van der Waals surface area contributed by atoms with Crippen molar-refractivity contribution in [1.82, 2.24) is 25.5 Å². The molecule has 1 rings (SSSR count). The molecule has 0 radical (unpaired) electrons. The zero-order valence-electron chi connectivity index (χ0n) is 10.3. The first-order valence-corrected chi connectivity index (χ1v) is 5.74. The van der Waals surface area contributed by atoms with Crippen molar-refractivity contribution in [2.75, 3.05) is 20.3 Å². The average Bonchev–Trinajstić information content (AvgIpc) is 2.68. The highest BCUT2D eigenvalue weighted by molar-refractivity contribution is 4.83. The van der Waals surface area contributed by atoms with Crippen molar-refractivity contribution in [2.45, 2.75) is 32.2 Å². The summed E-state index contributed by atoms with van der Waals surface area (Å²) < 4.78 is 5.31. The van der Waals surface area contributed by atoms with Gasteiger partial charge in [0.05, 0.1) is 7.05 Å². The maximum atomic E-state index is 5.31. The molecule has 0 aromatic carbocycles. The molecule has 0 saturated heterocycles. The van der Waals surface area contributed by atoms with Gasteiger partial charge in [0.15, 0.2) is 5.82 Å². The summed E-state index contributed by atoms with van der Waals surface area (Å²) in [6, 6.07) is 0.393. The number of nitrogens with zero attached hydrogens (tertiary/aromatic N) is 4. The second-order valence-electron chi connectivity index (χ2n) is 3.72. The van der Waals surface area contributed by atoms with Crippen LogP contribution in [0.5, 0.6) is 0 Å². The molecule has 1 unspecified atom stereocenters. The standard InChI is InChI=1S/C10H21N5O/c1-4-16-7-5-6-9(11-2)8-10-12-14-15(3)13-10/h9,11H,4-8H2,1-3H3. The van der Waals surface area contributed by atoms with Gasteiger partial charge < -0.3 is 10.1 Å². The Bertz CT molecular complexity index is 288. The number of aromatic nitrogens is 4. The molecule has 1 aromatic rings. The SMILES string of the molecule is CCOCCCC(Cc1nnn(C)n1)NC. The van der Waals surface area contributed by atoms with Gasteiger partial charge in [-0.25, -0.2) is 0 Å². The van der Waals surface area contributed by atoms with Gasteiger partial charge in [-0.15, -0.1) is 10.2 Å². The summed E-state index contributed by atoms with van der Waals surface area (Å²) in [5, 5.41) is 15.2. The molecule has 1 N–H and O–H groups in total. The summed E-state index contributed by atoms with van der Waals surface area (Å²) in [6.45, 7) is 3.62. The van der Waals surface area contributed by atoms with Gasteiger partial charge in [0.2, 0.25) is 0 Å². The smallest absolute Gasteiger partial charge is 0.176 e. The fourth-order valence-electron chi connectivity index (χ4n) is 1.55. The van der Waals surface area contributed by atoms with Gasteiger partial charge in [-0.2, -0.15) is 4.80 Å². The van der Waals surface area contributed by atoms with Crippen LogP contribution >= 0.6 is 0 Å². The van der Waals surface area contributed by atoms with E-state index in [1.165, 1.54) is 4.80 Å². The number of tetrazole rings is 1. The van der Waals surface area contributed by atoms with Gasteiger partial charge in [-0.05, 0) is 32.0 Å². The summed E-state index contributed by atoms with van der Waals surface area (Å²) in [5.74, 6) is 0.790. The van der Waals surface area contributed by atoms with Gasteiger partial charge in [0, 0.05) is 25.7 Å². The molecular weight excluding hydrogens is 206 g/mol. The fraction of sp³-hybridized carbons (Fsp3) is 0.900. The first-order chi connectivity index (χ1) is 7.76. The lowest BCUT2D eigenvalue weighted by atomic mass is 10.1. The lowest BCUT2D eigenvalue weighted by Gasteiger charge is -2.13. The van der Waals surface area contributed by atoms with E-state index in [4.69, 9.17) is 4.74 Å².